The normalized spacial score (nSPS) is 16.7. The summed E-state index contributed by atoms with van der Waals surface area (Å²) in [5.74, 6) is -0.266. The number of nitrogens with zero attached hydrogens (tertiary/aromatic N) is 2. The second-order valence-corrected chi connectivity index (χ2v) is 9.28. The predicted molar refractivity (Wildman–Crippen MR) is 98.1 cm³/mol. The number of anilines is 1. The number of nitrogens with one attached hydrogen (secondary N) is 1. The number of sulfonamides is 1. The molecule has 1 aromatic carbocycles. The molecule has 0 atom stereocenters. The Hall–Kier alpha value is -1.77. The molecule has 0 unspecified atom stereocenters. The van der Waals surface area contributed by atoms with E-state index < -0.39 is 10.0 Å². The monoisotopic (exact) mass is 379 g/mol. The molecular weight excluding hydrogens is 358 g/mol. The Morgan fingerprint density at radius 2 is 1.84 bits per heavy atom. The number of aromatic nitrogens is 1. The molecule has 0 bridgehead atoms. The summed E-state index contributed by atoms with van der Waals surface area (Å²) in [5.41, 5.74) is 0.920. The van der Waals surface area contributed by atoms with E-state index in [1.165, 1.54) is 15.6 Å². The van der Waals surface area contributed by atoms with Gasteiger partial charge < -0.3 is 5.32 Å². The Kier molecular flexibility index (Phi) is 5.21. The zero-order valence-electron chi connectivity index (χ0n) is 14.2. The van der Waals surface area contributed by atoms with Crippen LogP contribution in [0.4, 0.5) is 5.13 Å². The zero-order valence-corrected chi connectivity index (χ0v) is 15.9. The first-order chi connectivity index (χ1) is 11.9. The van der Waals surface area contributed by atoms with E-state index in [0.29, 0.717) is 36.0 Å². The summed E-state index contributed by atoms with van der Waals surface area (Å²) in [4.78, 5) is 18.1. The smallest absolute Gasteiger partial charge is 0.243 e. The van der Waals surface area contributed by atoms with Crippen LogP contribution in [0.3, 0.4) is 0 Å². The number of piperidine rings is 1. The van der Waals surface area contributed by atoms with Gasteiger partial charge in [0.05, 0.1) is 10.6 Å². The predicted octanol–water partition coefficient (Wildman–Crippen LogP) is 2.80. The van der Waals surface area contributed by atoms with Crippen LogP contribution in [0.1, 0.15) is 23.4 Å². The highest BCUT2D eigenvalue weighted by atomic mass is 32.2. The van der Waals surface area contributed by atoms with E-state index in [1.54, 1.807) is 30.3 Å². The molecule has 25 heavy (non-hydrogen) atoms. The van der Waals surface area contributed by atoms with Gasteiger partial charge in [-0.05, 0) is 38.8 Å². The summed E-state index contributed by atoms with van der Waals surface area (Å²) < 4.78 is 26.7. The molecule has 2 heterocycles. The van der Waals surface area contributed by atoms with Gasteiger partial charge in [0.2, 0.25) is 15.9 Å². The first-order valence-electron chi connectivity index (χ1n) is 8.18. The van der Waals surface area contributed by atoms with Crippen LogP contribution in [-0.4, -0.2) is 36.7 Å². The molecule has 1 amide bonds. The Balaban J connectivity index is 1.61. The summed E-state index contributed by atoms with van der Waals surface area (Å²) in [7, 11) is -3.48. The van der Waals surface area contributed by atoms with Crippen LogP contribution in [0.5, 0.6) is 0 Å². The summed E-state index contributed by atoms with van der Waals surface area (Å²) in [6, 6.07) is 8.41. The maximum absolute atomic E-state index is 12.6. The molecule has 6 nitrogen and oxygen atoms in total. The molecule has 1 aliphatic rings. The summed E-state index contributed by atoms with van der Waals surface area (Å²) >= 11 is 1.46. The van der Waals surface area contributed by atoms with Gasteiger partial charge in [-0.1, -0.05) is 18.2 Å². The van der Waals surface area contributed by atoms with Crippen molar-refractivity contribution in [3.05, 3.63) is 40.9 Å². The minimum Gasteiger partial charge on any atom is -0.302 e. The van der Waals surface area contributed by atoms with E-state index in [-0.39, 0.29) is 11.8 Å². The number of rotatable bonds is 4. The number of amides is 1. The van der Waals surface area contributed by atoms with E-state index in [9.17, 15) is 13.2 Å². The van der Waals surface area contributed by atoms with Gasteiger partial charge >= 0.3 is 0 Å². The van der Waals surface area contributed by atoms with Crippen molar-refractivity contribution in [1.82, 2.24) is 9.29 Å². The van der Waals surface area contributed by atoms with Crippen molar-refractivity contribution in [2.45, 2.75) is 31.6 Å². The van der Waals surface area contributed by atoms with Gasteiger partial charge in [0.15, 0.2) is 5.13 Å². The van der Waals surface area contributed by atoms with Gasteiger partial charge in [-0.15, -0.1) is 11.3 Å². The van der Waals surface area contributed by atoms with Crippen molar-refractivity contribution in [2.75, 3.05) is 18.4 Å². The summed E-state index contributed by atoms with van der Waals surface area (Å²) in [6.07, 6.45) is 1.03. The van der Waals surface area contributed by atoms with E-state index in [4.69, 9.17) is 0 Å². The Labute approximate surface area is 151 Å². The second kappa shape index (κ2) is 7.23. The van der Waals surface area contributed by atoms with Crippen molar-refractivity contribution >= 4 is 32.4 Å². The van der Waals surface area contributed by atoms with Crippen LogP contribution in [0.2, 0.25) is 0 Å². The van der Waals surface area contributed by atoms with Crippen LogP contribution >= 0.6 is 11.3 Å². The van der Waals surface area contributed by atoms with E-state index in [1.807, 2.05) is 13.8 Å². The molecule has 2 aromatic rings. The van der Waals surface area contributed by atoms with Crippen LogP contribution in [0, 0.1) is 19.8 Å². The molecule has 0 aliphatic carbocycles. The fraction of sp³-hybridized carbons (Fsp3) is 0.412. The largest absolute Gasteiger partial charge is 0.302 e. The maximum atomic E-state index is 12.6. The number of hydrogen-bond donors (Lipinski definition) is 1. The molecule has 3 rings (SSSR count). The zero-order chi connectivity index (χ0) is 18.0. The Bertz CT molecular complexity index is 835. The molecule has 1 aromatic heterocycles. The quantitative estimate of drug-likeness (QED) is 0.886. The minimum atomic E-state index is -3.48. The maximum Gasteiger partial charge on any atom is 0.243 e. The van der Waals surface area contributed by atoms with Crippen molar-refractivity contribution in [3.8, 4) is 0 Å². The molecule has 0 saturated carbocycles. The van der Waals surface area contributed by atoms with Gasteiger partial charge in [0.1, 0.15) is 0 Å². The van der Waals surface area contributed by atoms with Crippen LogP contribution < -0.4 is 5.32 Å². The lowest BCUT2D eigenvalue weighted by Gasteiger charge is -2.30. The number of hydrogen-bond acceptors (Lipinski definition) is 5. The number of carbonyl (C=O) groups excluding carboxylic acids is 1. The van der Waals surface area contributed by atoms with Gasteiger partial charge in [0, 0.05) is 23.9 Å². The molecular formula is C17H21N3O3S2. The average molecular weight is 380 g/mol. The molecule has 134 valence electrons. The molecule has 1 N–H and O–H groups in total. The Morgan fingerprint density at radius 1 is 1.20 bits per heavy atom. The highest BCUT2D eigenvalue weighted by Crippen LogP contribution is 2.26. The van der Waals surface area contributed by atoms with Crippen LogP contribution in [0.15, 0.2) is 35.2 Å². The van der Waals surface area contributed by atoms with Gasteiger partial charge in [0.25, 0.3) is 0 Å². The Morgan fingerprint density at radius 3 is 2.40 bits per heavy atom. The lowest BCUT2D eigenvalue weighted by atomic mass is 9.97. The third-order valence-corrected chi connectivity index (χ3v) is 7.37. The van der Waals surface area contributed by atoms with E-state index in [0.717, 1.165) is 10.6 Å². The van der Waals surface area contributed by atoms with Gasteiger partial charge in [-0.25, -0.2) is 13.4 Å². The summed E-state index contributed by atoms with van der Waals surface area (Å²) in [5, 5.41) is 3.47. The fourth-order valence-electron chi connectivity index (χ4n) is 2.83. The van der Waals surface area contributed by atoms with Crippen molar-refractivity contribution in [1.29, 1.82) is 0 Å². The molecule has 8 heteroatoms. The van der Waals surface area contributed by atoms with Crippen molar-refractivity contribution < 1.29 is 13.2 Å². The lowest BCUT2D eigenvalue weighted by Crippen LogP contribution is -2.41. The van der Waals surface area contributed by atoms with Crippen LogP contribution in [0.25, 0.3) is 0 Å². The number of benzene rings is 1. The average Bonchev–Trinajstić information content (AvgIpc) is 2.93. The minimum absolute atomic E-state index is 0.0782. The third-order valence-electron chi connectivity index (χ3n) is 4.46. The van der Waals surface area contributed by atoms with Crippen molar-refractivity contribution in [2.24, 2.45) is 5.92 Å². The highest BCUT2D eigenvalue weighted by Gasteiger charge is 2.32. The molecule has 1 aliphatic heterocycles. The highest BCUT2D eigenvalue weighted by molar-refractivity contribution is 7.89. The SMILES string of the molecule is Cc1nc(NC(=O)C2CCN(S(=O)(=O)c3ccccc3)CC2)sc1C. The first kappa shape index (κ1) is 18.0. The molecule has 1 saturated heterocycles. The molecule has 1 fully saturated rings. The van der Waals surface area contributed by atoms with Crippen LogP contribution in [-0.2, 0) is 14.8 Å². The second-order valence-electron chi connectivity index (χ2n) is 6.14. The first-order valence-corrected chi connectivity index (χ1v) is 10.4. The van der Waals surface area contributed by atoms with Gasteiger partial charge in [-0.2, -0.15) is 4.31 Å². The van der Waals surface area contributed by atoms with E-state index in [2.05, 4.69) is 10.3 Å². The third kappa shape index (κ3) is 3.91. The lowest BCUT2D eigenvalue weighted by molar-refractivity contribution is -0.120. The molecule has 0 spiro atoms. The van der Waals surface area contributed by atoms with Crippen molar-refractivity contribution in [3.63, 3.8) is 0 Å². The number of thiazole rings is 1. The fourth-order valence-corrected chi connectivity index (χ4v) is 5.14. The number of carbonyl (C=O) groups is 1. The van der Waals surface area contributed by atoms with Gasteiger partial charge in [-0.3, -0.25) is 4.79 Å². The van der Waals surface area contributed by atoms with E-state index >= 15 is 0 Å². The molecule has 0 radical (unpaired) electrons. The topological polar surface area (TPSA) is 79.4 Å². The summed E-state index contributed by atoms with van der Waals surface area (Å²) in [6.45, 7) is 4.58. The standard InChI is InChI=1S/C17H21N3O3S2/c1-12-13(2)24-17(18-12)19-16(21)14-8-10-20(11-9-14)25(22,23)15-6-4-3-5-7-15/h3-7,14H,8-11H2,1-2H3,(H,18,19,21). The number of aryl methyl sites for hydroxylation is 2.